The van der Waals surface area contributed by atoms with Crippen molar-refractivity contribution >= 4 is 17.5 Å². The number of carbonyl (C=O) groups excluding carboxylic acids is 1. The lowest BCUT2D eigenvalue weighted by molar-refractivity contribution is -0.126. The Bertz CT molecular complexity index is 723. The molecular formula is C22H27ClN2O2. The molecule has 1 amide bonds. The Morgan fingerprint density at radius 1 is 1.07 bits per heavy atom. The van der Waals surface area contributed by atoms with Gasteiger partial charge in [-0.25, -0.2) is 0 Å². The van der Waals surface area contributed by atoms with Crippen molar-refractivity contribution in [2.45, 2.75) is 25.8 Å². The molecule has 0 unspecified atom stereocenters. The van der Waals surface area contributed by atoms with Crippen molar-refractivity contribution in [1.29, 1.82) is 0 Å². The maximum Gasteiger partial charge on any atom is 0.223 e. The van der Waals surface area contributed by atoms with Gasteiger partial charge in [0.1, 0.15) is 5.75 Å². The number of hydrogen-bond donors (Lipinski definition) is 1. The molecule has 1 aliphatic rings. The van der Waals surface area contributed by atoms with Crippen LogP contribution in [0, 0.1) is 5.92 Å². The first-order chi connectivity index (χ1) is 13.1. The van der Waals surface area contributed by atoms with Crippen LogP contribution in [0.3, 0.4) is 0 Å². The van der Waals surface area contributed by atoms with E-state index in [9.17, 15) is 4.79 Å². The molecule has 1 aliphatic heterocycles. The summed E-state index contributed by atoms with van der Waals surface area (Å²) in [6.07, 6.45) is 2.68. The molecule has 2 aromatic carbocycles. The van der Waals surface area contributed by atoms with E-state index in [1.165, 1.54) is 11.1 Å². The molecule has 0 bridgehead atoms. The van der Waals surface area contributed by atoms with Crippen LogP contribution in [0.2, 0.25) is 5.02 Å². The lowest BCUT2D eigenvalue weighted by Gasteiger charge is -2.31. The summed E-state index contributed by atoms with van der Waals surface area (Å²) in [5.74, 6) is 1.17. The van der Waals surface area contributed by atoms with Gasteiger partial charge in [-0.05, 0) is 67.7 Å². The number of hydrogen-bond acceptors (Lipinski definition) is 3. The van der Waals surface area contributed by atoms with Gasteiger partial charge in [0.2, 0.25) is 5.91 Å². The van der Waals surface area contributed by atoms with E-state index >= 15 is 0 Å². The summed E-state index contributed by atoms with van der Waals surface area (Å²) in [6.45, 7) is 3.51. The van der Waals surface area contributed by atoms with Crippen molar-refractivity contribution in [1.82, 2.24) is 10.2 Å². The molecule has 3 rings (SSSR count). The molecule has 1 saturated heterocycles. The van der Waals surface area contributed by atoms with Gasteiger partial charge in [0.25, 0.3) is 0 Å². The van der Waals surface area contributed by atoms with E-state index in [2.05, 4.69) is 22.3 Å². The molecule has 0 aliphatic carbocycles. The zero-order valence-corrected chi connectivity index (χ0v) is 16.5. The molecule has 0 saturated carbocycles. The second-order valence-electron chi connectivity index (χ2n) is 7.07. The molecule has 1 heterocycles. The maximum absolute atomic E-state index is 12.4. The second kappa shape index (κ2) is 9.77. The zero-order chi connectivity index (χ0) is 19.1. The van der Waals surface area contributed by atoms with Crippen LogP contribution in [-0.4, -0.2) is 37.6 Å². The predicted molar refractivity (Wildman–Crippen MR) is 109 cm³/mol. The van der Waals surface area contributed by atoms with Gasteiger partial charge in [0.05, 0.1) is 7.11 Å². The van der Waals surface area contributed by atoms with Gasteiger partial charge in [0, 0.05) is 24.0 Å². The Morgan fingerprint density at radius 3 is 2.33 bits per heavy atom. The van der Waals surface area contributed by atoms with Crippen molar-refractivity contribution in [3.05, 3.63) is 64.7 Å². The number of likely N-dealkylation sites (tertiary alicyclic amines) is 1. The summed E-state index contributed by atoms with van der Waals surface area (Å²) >= 11 is 5.94. The summed E-state index contributed by atoms with van der Waals surface area (Å²) in [4.78, 5) is 14.8. The predicted octanol–water partition coefficient (Wildman–Crippen LogP) is 3.92. The van der Waals surface area contributed by atoms with Crippen molar-refractivity contribution in [3.63, 3.8) is 0 Å². The number of piperidine rings is 1. The van der Waals surface area contributed by atoms with Crippen LogP contribution in [0.1, 0.15) is 24.0 Å². The van der Waals surface area contributed by atoms with Gasteiger partial charge in [-0.1, -0.05) is 35.9 Å². The summed E-state index contributed by atoms with van der Waals surface area (Å²) in [7, 11) is 1.66. The fraction of sp³-hybridized carbons (Fsp3) is 0.409. The Kier molecular flexibility index (Phi) is 7.13. The lowest BCUT2D eigenvalue weighted by Crippen LogP contribution is -2.40. The number of nitrogens with zero attached hydrogens (tertiary/aromatic N) is 1. The average molecular weight is 387 g/mol. The summed E-state index contributed by atoms with van der Waals surface area (Å²) in [5, 5.41) is 3.86. The molecule has 0 radical (unpaired) electrons. The van der Waals surface area contributed by atoms with E-state index in [1.807, 2.05) is 36.4 Å². The number of halogens is 1. The molecule has 0 spiro atoms. The number of benzene rings is 2. The van der Waals surface area contributed by atoms with Crippen molar-refractivity contribution in [3.8, 4) is 5.75 Å². The summed E-state index contributed by atoms with van der Waals surface area (Å²) < 4.78 is 5.16. The number of methoxy groups -OCH3 is 1. The SMILES string of the molecule is COc1ccc(CCNC(=O)C2CCN(Cc3ccc(Cl)cc3)CC2)cc1. The molecule has 5 heteroatoms. The highest BCUT2D eigenvalue weighted by atomic mass is 35.5. The third kappa shape index (κ3) is 5.98. The third-order valence-corrected chi connectivity index (χ3v) is 5.40. The van der Waals surface area contributed by atoms with Crippen molar-refractivity contribution in [2.24, 2.45) is 5.92 Å². The molecule has 4 nitrogen and oxygen atoms in total. The van der Waals surface area contributed by atoms with E-state index in [-0.39, 0.29) is 11.8 Å². The number of rotatable bonds is 7. The molecule has 27 heavy (non-hydrogen) atoms. The second-order valence-corrected chi connectivity index (χ2v) is 7.50. The molecule has 1 fully saturated rings. The van der Waals surface area contributed by atoms with Crippen molar-refractivity contribution < 1.29 is 9.53 Å². The lowest BCUT2D eigenvalue weighted by atomic mass is 9.95. The first-order valence-corrected chi connectivity index (χ1v) is 9.89. The Morgan fingerprint density at radius 2 is 1.70 bits per heavy atom. The smallest absolute Gasteiger partial charge is 0.223 e. The molecule has 2 aromatic rings. The number of nitrogens with one attached hydrogen (secondary N) is 1. The molecule has 144 valence electrons. The Labute approximate surface area is 166 Å². The standard InChI is InChI=1S/C22H27ClN2O2/c1-27-21-8-4-17(5-9-21)10-13-24-22(26)19-11-14-25(15-12-19)16-18-2-6-20(23)7-3-18/h2-9,19H,10-16H2,1H3,(H,24,26). The van der Waals surface area contributed by atoms with Crippen LogP contribution in [0.5, 0.6) is 5.75 Å². The molecule has 0 aromatic heterocycles. The minimum absolute atomic E-state index is 0.127. The van der Waals surface area contributed by atoms with Gasteiger partial charge >= 0.3 is 0 Å². The normalized spacial score (nSPS) is 15.5. The average Bonchev–Trinajstić information content (AvgIpc) is 2.71. The fourth-order valence-electron chi connectivity index (χ4n) is 3.47. The molecule has 0 atom stereocenters. The highest BCUT2D eigenvalue weighted by molar-refractivity contribution is 6.30. The number of ether oxygens (including phenoxy) is 1. The highest BCUT2D eigenvalue weighted by Crippen LogP contribution is 2.20. The van der Waals surface area contributed by atoms with Crippen LogP contribution in [0.4, 0.5) is 0 Å². The van der Waals surface area contributed by atoms with Crippen LogP contribution >= 0.6 is 11.6 Å². The van der Waals surface area contributed by atoms with Crippen LogP contribution in [0.15, 0.2) is 48.5 Å². The van der Waals surface area contributed by atoms with E-state index in [0.29, 0.717) is 6.54 Å². The van der Waals surface area contributed by atoms with E-state index < -0.39 is 0 Å². The first kappa shape index (κ1) is 19.7. The van der Waals surface area contributed by atoms with Crippen LogP contribution < -0.4 is 10.1 Å². The molecule has 1 N–H and O–H groups in total. The van der Waals surface area contributed by atoms with E-state index in [0.717, 1.165) is 49.7 Å². The third-order valence-electron chi connectivity index (χ3n) is 5.15. The van der Waals surface area contributed by atoms with Gasteiger partial charge in [-0.2, -0.15) is 0 Å². The number of amides is 1. The van der Waals surface area contributed by atoms with E-state index in [4.69, 9.17) is 16.3 Å². The monoisotopic (exact) mass is 386 g/mol. The van der Waals surface area contributed by atoms with Gasteiger partial charge in [0.15, 0.2) is 0 Å². The van der Waals surface area contributed by atoms with Gasteiger partial charge < -0.3 is 10.1 Å². The molecular weight excluding hydrogens is 360 g/mol. The minimum Gasteiger partial charge on any atom is -0.497 e. The van der Waals surface area contributed by atoms with Crippen LogP contribution in [0.25, 0.3) is 0 Å². The summed E-state index contributed by atoms with van der Waals surface area (Å²) in [6, 6.07) is 16.0. The van der Waals surface area contributed by atoms with Gasteiger partial charge in [-0.3, -0.25) is 9.69 Å². The Hall–Kier alpha value is -2.04. The van der Waals surface area contributed by atoms with Crippen molar-refractivity contribution in [2.75, 3.05) is 26.7 Å². The number of carbonyl (C=O) groups is 1. The van der Waals surface area contributed by atoms with Crippen LogP contribution in [-0.2, 0) is 17.8 Å². The first-order valence-electron chi connectivity index (χ1n) is 9.51. The fourth-order valence-corrected chi connectivity index (χ4v) is 3.59. The topological polar surface area (TPSA) is 41.6 Å². The minimum atomic E-state index is 0.127. The van der Waals surface area contributed by atoms with E-state index in [1.54, 1.807) is 7.11 Å². The Balaban J connectivity index is 1.37. The highest BCUT2D eigenvalue weighted by Gasteiger charge is 2.24. The summed E-state index contributed by atoms with van der Waals surface area (Å²) in [5.41, 5.74) is 2.47. The maximum atomic E-state index is 12.4. The quantitative estimate of drug-likeness (QED) is 0.784. The largest absolute Gasteiger partial charge is 0.497 e. The van der Waals surface area contributed by atoms with Gasteiger partial charge in [-0.15, -0.1) is 0 Å². The zero-order valence-electron chi connectivity index (χ0n) is 15.8.